The van der Waals surface area contributed by atoms with E-state index in [1.54, 1.807) is 6.07 Å². The van der Waals surface area contributed by atoms with Crippen LogP contribution in [0.2, 0.25) is 0 Å². The lowest BCUT2D eigenvalue weighted by Crippen LogP contribution is -2.48. The standard InChI is InChI=1S/C20H26N4O5/c1-11(2)16-15-9-13(10-21-18(15)29-24-16)19(26)28-12(3)17(25)23-20(27)22-14-7-5-4-6-8-14/h9-12,14H,4-8H2,1-3H3,(H2,22,23,25,27). The molecule has 29 heavy (non-hydrogen) atoms. The summed E-state index contributed by atoms with van der Waals surface area (Å²) < 4.78 is 10.3. The zero-order valence-corrected chi connectivity index (χ0v) is 16.9. The average molecular weight is 402 g/mol. The highest BCUT2D eigenvalue weighted by Crippen LogP contribution is 2.24. The molecular formula is C20H26N4O5. The summed E-state index contributed by atoms with van der Waals surface area (Å²) in [5.74, 6) is -1.31. The van der Waals surface area contributed by atoms with E-state index in [1.807, 2.05) is 13.8 Å². The Labute approximate surface area is 168 Å². The van der Waals surface area contributed by atoms with E-state index in [2.05, 4.69) is 20.8 Å². The highest BCUT2D eigenvalue weighted by atomic mass is 16.5. The number of nitrogens with one attached hydrogen (secondary N) is 2. The highest BCUT2D eigenvalue weighted by molar-refractivity contribution is 5.99. The molecule has 1 saturated carbocycles. The molecule has 0 aromatic carbocycles. The summed E-state index contributed by atoms with van der Waals surface area (Å²) in [6.45, 7) is 5.31. The molecule has 3 rings (SSSR count). The van der Waals surface area contributed by atoms with Crippen LogP contribution < -0.4 is 10.6 Å². The van der Waals surface area contributed by atoms with Crippen molar-refractivity contribution in [1.82, 2.24) is 20.8 Å². The Bertz CT molecular complexity index is 901. The van der Waals surface area contributed by atoms with Crippen molar-refractivity contribution in [3.8, 4) is 0 Å². The Morgan fingerprint density at radius 1 is 1.17 bits per heavy atom. The van der Waals surface area contributed by atoms with Gasteiger partial charge >= 0.3 is 12.0 Å². The maximum atomic E-state index is 12.4. The molecule has 2 aromatic rings. The van der Waals surface area contributed by atoms with Gasteiger partial charge in [-0.05, 0) is 31.7 Å². The number of ether oxygens (including phenoxy) is 1. The summed E-state index contributed by atoms with van der Waals surface area (Å²) in [4.78, 5) is 40.7. The second-order valence-electron chi connectivity index (χ2n) is 7.64. The van der Waals surface area contributed by atoms with Crippen LogP contribution in [0.25, 0.3) is 11.1 Å². The number of urea groups is 1. The lowest BCUT2D eigenvalue weighted by molar-refractivity contribution is -0.127. The van der Waals surface area contributed by atoms with Crippen LogP contribution in [0.1, 0.15) is 74.8 Å². The van der Waals surface area contributed by atoms with Crippen LogP contribution in [0.15, 0.2) is 16.8 Å². The predicted molar refractivity (Wildman–Crippen MR) is 104 cm³/mol. The minimum atomic E-state index is -1.14. The molecule has 1 aliphatic rings. The first kappa shape index (κ1) is 20.8. The van der Waals surface area contributed by atoms with E-state index in [1.165, 1.54) is 19.5 Å². The number of hydrogen-bond acceptors (Lipinski definition) is 7. The number of amides is 3. The monoisotopic (exact) mass is 402 g/mol. The van der Waals surface area contributed by atoms with Crippen LogP contribution in [0.5, 0.6) is 0 Å². The SMILES string of the molecule is CC(OC(=O)c1cnc2onc(C(C)C)c2c1)C(=O)NC(=O)NC1CCCCC1. The third-order valence-corrected chi connectivity index (χ3v) is 4.97. The van der Waals surface area contributed by atoms with Gasteiger partial charge in [0.15, 0.2) is 6.10 Å². The van der Waals surface area contributed by atoms with Gasteiger partial charge in [-0.1, -0.05) is 38.3 Å². The number of aromatic nitrogens is 2. The Morgan fingerprint density at radius 2 is 1.90 bits per heavy atom. The molecule has 9 nitrogen and oxygen atoms in total. The molecule has 156 valence electrons. The Balaban J connectivity index is 1.57. The fraction of sp³-hybridized carbons (Fsp3) is 0.550. The normalized spacial score (nSPS) is 15.9. The molecular weight excluding hydrogens is 376 g/mol. The fourth-order valence-corrected chi connectivity index (χ4v) is 3.34. The maximum Gasteiger partial charge on any atom is 0.340 e. The number of fused-ring (bicyclic) bond motifs is 1. The van der Waals surface area contributed by atoms with Crippen molar-refractivity contribution >= 4 is 29.0 Å². The molecule has 0 saturated heterocycles. The molecule has 2 heterocycles. The zero-order valence-electron chi connectivity index (χ0n) is 16.9. The van der Waals surface area contributed by atoms with E-state index >= 15 is 0 Å². The van der Waals surface area contributed by atoms with Gasteiger partial charge in [0.25, 0.3) is 11.6 Å². The summed E-state index contributed by atoms with van der Waals surface area (Å²) in [5.41, 5.74) is 1.19. The van der Waals surface area contributed by atoms with Crippen molar-refractivity contribution in [2.24, 2.45) is 0 Å². The topological polar surface area (TPSA) is 123 Å². The molecule has 0 spiro atoms. The molecule has 0 bridgehead atoms. The summed E-state index contributed by atoms with van der Waals surface area (Å²) in [6.07, 6.45) is 5.28. The summed E-state index contributed by atoms with van der Waals surface area (Å²) in [7, 11) is 0. The molecule has 2 N–H and O–H groups in total. The van der Waals surface area contributed by atoms with E-state index in [0.29, 0.717) is 16.8 Å². The molecule has 9 heteroatoms. The highest BCUT2D eigenvalue weighted by Gasteiger charge is 2.24. The molecule has 1 aliphatic carbocycles. The van der Waals surface area contributed by atoms with Gasteiger partial charge in [0.05, 0.1) is 16.6 Å². The van der Waals surface area contributed by atoms with Gasteiger partial charge in [0.1, 0.15) is 0 Å². The third-order valence-electron chi connectivity index (χ3n) is 4.97. The second-order valence-corrected chi connectivity index (χ2v) is 7.64. The van der Waals surface area contributed by atoms with E-state index in [9.17, 15) is 14.4 Å². The minimum Gasteiger partial charge on any atom is -0.449 e. The number of imide groups is 1. The molecule has 1 fully saturated rings. The number of esters is 1. The van der Waals surface area contributed by atoms with Crippen molar-refractivity contribution in [2.75, 3.05) is 0 Å². The molecule has 2 aromatic heterocycles. The van der Waals surface area contributed by atoms with Crippen LogP contribution in [0.3, 0.4) is 0 Å². The molecule has 1 atom stereocenters. The van der Waals surface area contributed by atoms with E-state index in [0.717, 1.165) is 25.7 Å². The van der Waals surface area contributed by atoms with Gasteiger partial charge in [-0.3, -0.25) is 10.1 Å². The van der Waals surface area contributed by atoms with Gasteiger partial charge in [0.2, 0.25) is 0 Å². The number of carbonyl (C=O) groups is 3. The zero-order chi connectivity index (χ0) is 21.0. The quantitative estimate of drug-likeness (QED) is 0.737. The van der Waals surface area contributed by atoms with Gasteiger partial charge in [-0.25, -0.2) is 14.6 Å². The van der Waals surface area contributed by atoms with Gasteiger partial charge in [-0.15, -0.1) is 0 Å². The van der Waals surface area contributed by atoms with Gasteiger partial charge in [0, 0.05) is 12.2 Å². The Kier molecular flexibility index (Phi) is 6.46. The molecule has 3 amide bonds. The lowest BCUT2D eigenvalue weighted by atomic mass is 9.96. The molecule has 0 radical (unpaired) electrons. The van der Waals surface area contributed by atoms with Gasteiger partial charge in [-0.2, -0.15) is 0 Å². The first-order chi connectivity index (χ1) is 13.8. The maximum absolute atomic E-state index is 12.4. The smallest absolute Gasteiger partial charge is 0.340 e. The molecule has 0 aliphatic heterocycles. The summed E-state index contributed by atoms with van der Waals surface area (Å²) in [6, 6.07) is 1.08. The van der Waals surface area contributed by atoms with Crippen LogP contribution in [-0.2, 0) is 9.53 Å². The lowest BCUT2D eigenvalue weighted by Gasteiger charge is -2.23. The van der Waals surface area contributed by atoms with Crippen LogP contribution in [-0.4, -0.2) is 40.2 Å². The van der Waals surface area contributed by atoms with Crippen LogP contribution >= 0.6 is 0 Å². The number of nitrogens with zero attached hydrogens (tertiary/aromatic N) is 2. The first-order valence-corrected chi connectivity index (χ1v) is 9.92. The van der Waals surface area contributed by atoms with Crippen LogP contribution in [0, 0.1) is 0 Å². The predicted octanol–water partition coefficient (Wildman–Crippen LogP) is 3.05. The van der Waals surface area contributed by atoms with Crippen molar-refractivity contribution in [1.29, 1.82) is 0 Å². The third kappa shape index (κ3) is 5.10. The summed E-state index contributed by atoms with van der Waals surface area (Å²) in [5, 5.41) is 9.60. The number of carbonyl (C=O) groups excluding carboxylic acids is 3. The summed E-state index contributed by atoms with van der Waals surface area (Å²) >= 11 is 0. The Morgan fingerprint density at radius 3 is 2.59 bits per heavy atom. The van der Waals surface area contributed by atoms with E-state index in [4.69, 9.17) is 9.26 Å². The first-order valence-electron chi connectivity index (χ1n) is 9.92. The largest absolute Gasteiger partial charge is 0.449 e. The average Bonchev–Trinajstić information content (AvgIpc) is 3.12. The second kappa shape index (κ2) is 9.02. The van der Waals surface area contributed by atoms with Gasteiger partial charge < -0.3 is 14.6 Å². The van der Waals surface area contributed by atoms with E-state index < -0.39 is 24.0 Å². The Hall–Kier alpha value is -2.97. The van der Waals surface area contributed by atoms with Crippen molar-refractivity contribution < 1.29 is 23.6 Å². The fourth-order valence-electron chi connectivity index (χ4n) is 3.34. The number of hydrogen-bond donors (Lipinski definition) is 2. The van der Waals surface area contributed by atoms with Crippen molar-refractivity contribution in [3.63, 3.8) is 0 Å². The minimum absolute atomic E-state index is 0.0749. The van der Waals surface area contributed by atoms with Crippen LogP contribution in [0.4, 0.5) is 4.79 Å². The molecule has 1 unspecified atom stereocenters. The number of rotatable bonds is 5. The van der Waals surface area contributed by atoms with Crippen molar-refractivity contribution in [2.45, 2.75) is 70.9 Å². The number of pyridine rings is 1. The van der Waals surface area contributed by atoms with E-state index in [-0.39, 0.29) is 17.5 Å². The van der Waals surface area contributed by atoms with Crippen molar-refractivity contribution in [3.05, 3.63) is 23.5 Å².